The summed E-state index contributed by atoms with van der Waals surface area (Å²) in [7, 11) is 1.49. The van der Waals surface area contributed by atoms with E-state index in [2.05, 4.69) is 16.0 Å². The molecule has 0 radical (unpaired) electrons. The van der Waals surface area contributed by atoms with Crippen LogP contribution in [0.25, 0.3) is 0 Å². The third kappa shape index (κ3) is 5.52. The van der Waals surface area contributed by atoms with Crippen LogP contribution in [-0.2, 0) is 17.4 Å². The molecule has 2 aromatic rings. The Hall–Kier alpha value is -3.03. The summed E-state index contributed by atoms with van der Waals surface area (Å²) >= 11 is 0. The molecule has 25 heavy (non-hydrogen) atoms. The largest absolute Gasteiger partial charge is 0.416 e. The van der Waals surface area contributed by atoms with E-state index < -0.39 is 11.7 Å². The van der Waals surface area contributed by atoms with E-state index in [0.29, 0.717) is 16.9 Å². The number of hydrogen-bond acceptors (Lipinski definition) is 2. The minimum Gasteiger partial charge on any atom is -0.341 e. The molecule has 0 unspecified atom stereocenters. The van der Waals surface area contributed by atoms with E-state index in [1.807, 2.05) is 0 Å². The molecular formula is C17H16F3N3O2. The van der Waals surface area contributed by atoms with Crippen molar-refractivity contribution in [3.63, 3.8) is 0 Å². The minimum absolute atomic E-state index is 0.0453. The quantitative estimate of drug-likeness (QED) is 0.787. The van der Waals surface area contributed by atoms with Crippen molar-refractivity contribution >= 4 is 23.3 Å². The van der Waals surface area contributed by atoms with Crippen LogP contribution in [-0.4, -0.2) is 19.0 Å². The van der Waals surface area contributed by atoms with E-state index in [1.165, 1.54) is 19.2 Å². The Kier molecular flexibility index (Phi) is 5.63. The number of rotatable bonds is 4. The van der Waals surface area contributed by atoms with Gasteiger partial charge in [-0.2, -0.15) is 13.2 Å². The molecule has 132 valence electrons. The van der Waals surface area contributed by atoms with E-state index in [0.717, 1.165) is 12.1 Å². The van der Waals surface area contributed by atoms with Gasteiger partial charge in [0.2, 0.25) is 5.91 Å². The van der Waals surface area contributed by atoms with Gasteiger partial charge < -0.3 is 16.0 Å². The van der Waals surface area contributed by atoms with Crippen molar-refractivity contribution < 1.29 is 22.8 Å². The Morgan fingerprint density at radius 3 is 1.88 bits per heavy atom. The number of amides is 3. The van der Waals surface area contributed by atoms with Gasteiger partial charge >= 0.3 is 12.2 Å². The fourth-order valence-electron chi connectivity index (χ4n) is 2.03. The topological polar surface area (TPSA) is 70.2 Å². The van der Waals surface area contributed by atoms with Gasteiger partial charge in [0.1, 0.15) is 0 Å². The van der Waals surface area contributed by atoms with Crippen LogP contribution in [0.2, 0.25) is 0 Å². The monoisotopic (exact) mass is 351 g/mol. The first-order valence-corrected chi connectivity index (χ1v) is 7.33. The number of halogens is 3. The van der Waals surface area contributed by atoms with E-state index in [1.54, 1.807) is 24.3 Å². The Balaban J connectivity index is 1.92. The van der Waals surface area contributed by atoms with E-state index in [9.17, 15) is 22.8 Å². The zero-order valence-corrected chi connectivity index (χ0v) is 13.3. The molecule has 0 heterocycles. The number of nitrogens with one attached hydrogen (secondary N) is 3. The number of hydrogen-bond donors (Lipinski definition) is 3. The molecule has 0 aromatic heterocycles. The van der Waals surface area contributed by atoms with Crippen LogP contribution in [0.1, 0.15) is 11.1 Å². The summed E-state index contributed by atoms with van der Waals surface area (Å²) in [6, 6.07) is 10.5. The first-order valence-electron chi connectivity index (χ1n) is 7.33. The first-order chi connectivity index (χ1) is 11.8. The van der Waals surface area contributed by atoms with Gasteiger partial charge in [0.05, 0.1) is 12.0 Å². The van der Waals surface area contributed by atoms with Gasteiger partial charge in [0, 0.05) is 18.4 Å². The lowest BCUT2D eigenvalue weighted by Crippen LogP contribution is -2.24. The van der Waals surface area contributed by atoms with Gasteiger partial charge in [0.25, 0.3) is 0 Å². The zero-order chi connectivity index (χ0) is 18.4. The summed E-state index contributed by atoms with van der Waals surface area (Å²) < 4.78 is 37.5. The summed E-state index contributed by atoms with van der Waals surface area (Å²) in [5, 5.41) is 7.63. The van der Waals surface area contributed by atoms with Gasteiger partial charge in [-0.15, -0.1) is 0 Å². The highest BCUT2D eigenvalue weighted by molar-refractivity contribution is 5.93. The number of alkyl halides is 3. The van der Waals surface area contributed by atoms with E-state index >= 15 is 0 Å². The molecule has 2 rings (SSSR count). The smallest absolute Gasteiger partial charge is 0.341 e. The van der Waals surface area contributed by atoms with Crippen LogP contribution in [0.3, 0.4) is 0 Å². The summed E-state index contributed by atoms with van der Waals surface area (Å²) in [5.41, 5.74) is 0.790. The fraction of sp³-hybridized carbons (Fsp3) is 0.176. The molecule has 0 spiro atoms. The van der Waals surface area contributed by atoms with Crippen molar-refractivity contribution in [2.75, 3.05) is 17.7 Å². The van der Waals surface area contributed by atoms with Gasteiger partial charge in [-0.25, -0.2) is 4.79 Å². The molecule has 5 nitrogen and oxygen atoms in total. The number of urea groups is 1. The van der Waals surface area contributed by atoms with Gasteiger partial charge in [0.15, 0.2) is 0 Å². The molecule has 0 fully saturated rings. The number of carbonyl (C=O) groups excluding carboxylic acids is 2. The second-order valence-electron chi connectivity index (χ2n) is 5.20. The van der Waals surface area contributed by atoms with Crippen LogP contribution in [0.15, 0.2) is 48.5 Å². The molecule has 0 aliphatic heterocycles. The molecule has 0 bridgehead atoms. The molecule has 0 aliphatic rings. The summed E-state index contributed by atoms with van der Waals surface area (Å²) in [6.07, 6.45) is -4.44. The minimum atomic E-state index is -4.40. The lowest BCUT2D eigenvalue weighted by Gasteiger charge is -2.09. The third-order valence-electron chi connectivity index (χ3n) is 3.30. The van der Waals surface area contributed by atoms with Crippen molar-refractivity contribution in [2.24, 2.45) is 0 Å². The van der Waals surface area contributed by atoms with E-state index in [4.69, 9.17) is 0 Å². The summed E-state index contributed by atoms with van der Waals surface area (Å²) in [4.78, 5) is 23.1. The van der Waals surface area contributed by atoms with E-state index in [-0.39, 0.29) is 18.4 Å². The van der Waals surface area contributed by atoms with Crippen molar-refractivity contribution in [3.8, 4) is 0 Å². The van der Waals surface area contributed by atoms with Crippen molar-refractivity contribution in [1.29, 1.82) is 0 Å². The number of benzene rings is 2. The molecule has 0 saturated carbocycles. The second kappa shape index (κ2) is 7.69. The Labute approximate surface area is 142 Å². The lowest BCUT2D eigenvalue weighted by atomic mass is 10.1. The molecule has 2 aromatic carbocycles. The highest BCUT2D eigenvalue weighted by Gasteiger charge is 2.29. The molecule has 0 saturated heterocycles. The summed E-state index contributed by atoms with van der Waals surface area (Å²) in [6.45, 7) is 0. The maximum atomic E-state index is 12.5. The maximum Gasteiger partial charge on any atom is 0.416 e. The SMILES string of the molecule is CNC(=O)Nc1ccc(NC(=O)Cc2ccc(C(F)(F)F)cc2)cc1. The van der Waals surface area contributed by atoms with Gasteiger partial charge in [-0.3, -0.25) is 4.79 Å². The number of carbonyl (C=O) groups is 2. The van der Waals surface area contributed by atoms with Crippen molar-refractivity contribution in [1.82, 2.24) is 5.32 Å². The Morgan fingerprint density at radius 1 is 0.880 bits per heavy atom. The Morgan fingerprint density at radius 2 is 1.40 bits per heavy atom. The summed E-state index contributed by atoms with van der Waals surface area (Å²) in [5.74, 6) is -0.355. The Bertz CT molecular complexity index is 741. The molecular weight excluding hydrogens is 335 g/mol. The average molecular weight is 351 g/mol. The molecule has 3 N–H and O–H groups in total. The number of anilines is 2. The highest BCUT2D eigenvalue weighted by Crippen LogP contribution is 2.29. The lowest BCUT2D eigenvalue weighted by molar-refractivity contribution is -0.137. The molecule has 8 heteroatoms. The normalized spacial score (nSPS) is 10.9. The highest BCUT2D eigenvalue weighted by atomic mass is 19.4. The second-order valence-corrected chi connectivity index (χ2v) is 5.20. The van der Waals surface area contributed by atoms with Crippen LogP contribution >= 0.6 is 0 Å². The predicted octanol–water partition coefficient (Wildman–Crippen LogP) is 3.64. The third-order valence-corrected chi connectivity index (χ3v) is 3.30. The van der Waals surface area contributed by atoms with Crippen LogP contribution in [0.4, 0.5) is 29.3 Å². The van der Waals surface area contributed by atoms with Crippen molar-refractivity contribution in [2.45, 2.75) is 12.6 Å². The first kappa shape index (κ1) is 18.3. The standard InChI is InChI=1S/C17H16F3N3O2/c1-21-16(25)23-14-8-6-13(7-9-14)22-15(24)10-11-2-4-12(5-3-11)17(18,19)20/h2-9H,10H2,1H3,(H,22,24)(H2,21,23,25). The zero-order valence-electron chi connectivity index (χ0n) is 13.3. The average Bonchev–Trinajstić information content (AvgIpc) is 2.56. The van der Waals surface area contributed by atoms with Gasteiger partial charge in [-0.05, 0) is 42.0 Å². The maximum absolute atomic E-state index is 12.5. The molecule has 0 aliphatic carbocycles. The van der Waals surface area contributed by atoms with Gasteiger partial charge in [-0.1, -0.05) is 12.1 Å². The molecule has 0 atom stereocenters. The predicted molar refractivity (Wildman–Crippen MR) is 88.3 cm³/mol. The van der Waals surface area contributed by atoms with Crippen LogP contribution in [0, 0.1) is 0 Å². The molecule has 3 amide bonds. The van der Waals surface area contributed by atoms with Crippen LogP contribution < -0.4 is 16.0 Å². The van der Waals surface area contributed by atoms with Crippen molar-refractivity contribution in [3.05, 3.63) is 59.7 Å². The fourth-order valence-corrected chi connectivity index (χ4v) is 2.03. The van der Waals surface area contributed by atoms with Crippen LogP contribution in [0.5, 0.6) is 0 Å².